The van der Waals surface area contributed by atoms with Gasteiger partial charge in [0.25, 0.3) is 10.0 Å². The lowest BCUT2D eigenvalue weighted by Crippen LogP contribution is -2.12. The standard InChI is InChI=1S/C27H17N5O3S/c28-16-18-9-11-20(12-10-18)32-25-23-13-14-31(36(34,35)22-7-2-1-3-8-22)27(23)29-17-24(25)30-26(32)19-5-4-6-21(33)15-19/h1-15,17,33H. The minimum absolute atomic E-state index is 0.0920. The minimum atomic E-state index is -3.87. The Balaban J connectivity index is 1.67. The molecule has 3 heterocycles. The normalized spacial score (nSPS) is 11.6. The van der Waals surface area contributed by atoms with Crippen LogP contribution in [0.5, 0.6) is 5.75 Å². The highest BCUT2D eigenvalue weighted by Crippen LogP contribution is 2.34. The smallest absolute Gasteiger partial charge is 0.269 e. The summed E-state index contributed by atoms with van der Waals surface area (Å²) in [6.07, 6.45) is 3.03. The van der Waals surface area contributed by atoms with Gasteiger partial charge < -0.3 is 5.11 Å². The molecule has 0 aliphatic rings. The van der Waals surface area contributed by atoms with Crippen molar-refractivity contribution in [1.29, 1.82) is 5.26 Å². The van der Waals surface area contributed by atoms with E-state index in [-0.39, 0.29) is 16.3 Å². The molecule has 0 radical (unpaired) electrons. The molecule has 36 heavy (non-hydrogen) atoms. The van der Waals surface area contributed by atoms with Crippen LogP contribution in [-0.4, -0.2) is 32.0 Å². The fraction of sp³-hybridized carbons (Fsp3) is 0. The molecule has 1 N–H and O–H groups in total. The van der Waals surface area contributed by atoms with Crippen LogP contribution in [0.4, 0.5) is 0 Å². The van der Waals surface area contributed by atoms with Crippen LogP contribution in [0.1, 0.15) is 5.56 Å². The first-order valence-corrected chi connectivity index (χ1v) is 12.4. The molecular formula is C27H17N5O3S. The van der Waals surface area contributed by atoms with Crippen molar-refractivity contribution in [3.05, 3.63) is 103 Å². The van der Waals surface area contributed by atoms with Gasteiger partial charge in [-0.05, 0) is 54.6 Å². The third-order valence-corrected chi connectivity index (χ3v) is 7.63. The first-order valence-electron chi connectivity index (χ1n) is 11.0. The number of pyridine rings is 1. The van der Waals surface area contributed by atoms with E-state index in [0.29, 0.717) is 33.4 Å². The summed E-state index contributed by atoms with van der Waals surface area (Å²) < 4.78 is 29.8. The van der Waals surface area contributed by atoms with Crippen molar-refractivity contribution in [1.82, 2.24) is 18.5 Å². The Hall–Kier alpha value is -4.94. The van der Waals surface area contributed by atoms with E-state index in [1.165, 1.54) is 10.2 Å². The Morgan fingerprint density at radius 1 is 0.917 bits per heavy atom. The number of benzene rings is 3. The van der Waals surface area contributed by atoms with Crippen molar-refractivity contribution < 1.29 is 13.5 Å². The maximum Gasteiger partial charge on any atom is 0.269 e. The summed E-state index contributed by atoms with van der Waals surface area (Å²) in [6.45, 7) is 0. The van der Waals surface area contributed by atoms with Crippen molar-refractivity contribution >= 4 is 32.1 Å². The molecule has 0 spiro atoms. The van der Waals surface area contributed by atoms with E-state index >= 15 is 0 Å². The quantitative estimate of drug-likeness (QED) is 0.377. The van der Waals surface area contributed by atoms with Crippen molar-refractivity contribution in [2.45, 2.75) is 4.90 Å². The van der Waals surface area contributed by atoms with Gasteiger partial charge in [-0.15, -0.1) is 0 Å². The van der Waals surface area contributed by atoms with Crippen molar-refractivity contribution in [3.63, 3.8) is 0 Å². The molecule has 0 aliphatic heterocycles. The first kappa shape index (κ1) is 21.6. The third-order valence-electron chi connectivity index (χ3n) is 5.95. The second-order valence-electron chi connectivity index (χ2n) is 8.14. The fourth-order valence-electron chi connectivity index (χ4n) is 4.30. The number of phenolic OH excluding ortho intramolecular Hbond substituents is 1. The molecule has 8 nitrogen and oxygen atoms in total. The lowest BCUT2D eigenvalue weighted by molar-refractivity contribution is 0.475. The predicted molar refractivity (Wildman–Crippen MR) is 135 cm³/mol. The summed E-state index contributed by atoms with van der Waals surface area (Å²) in [7, 11) is -3.87. The van der Waals surface area contributed by atoms with Crippen molar-refractivity contribution in [2.75, 3.05) is 0 Å². The molecule has 0 unspecified atom stereocenters. The summed E-state index contributed by atoms with van der Waals surface area (Å²) in [5.41, 5.74) is 3.38. The van der Waals surface area contributed by atoms with E-state index in [0.717, 1.165) is 5.69 Å². The topological polar surface area (TPSA) is 114 Å². The molecule has 3 aromatic heterocycles. The van der Waals surface area contributed by atoms with Crippen LogP contribution in [0.15, 0.2) is 102 Å². The van der Waals surface area contributed by atoms with E-state index in [9.17, 15) is 18.8 Å². The van der Waals surface area contributed by atoms with Gasteiger partial charge in [0.2, 0.25) is 0 Å². The van der Waals surface area contributed by atoms with E-state index in [1.54, 1.807) is 85.1 Å². The van der Waals surface area contributed by atoms with Crippen LogP contribution in [0, 0.1) is 11.3 Å². The van der Waals surface area contributed by atoms with Crippen LogP contribution in [0.3, 0.4) is 0 Å². The molecule has 174 valence electrons. The van der Waals surface area contributed by atoms with Gasteiger partial charge in [0.05, 0.1) is 28.2 Å². The second-order valence-corrected chi connectivity index (χ2v) is 9.95. The fourth-order valence-corrected chi connectivity index (χ4v) is 5.62. The lowest BCUT2D eigenvalue weighted by Gasteiger charge is -2.11. The summed E-state index contributed by atoms with van der Waals surface area (Å²) >= 11 is 0. The van der Waals surface area contributed by atoms with Gasteiger partial charge in [-0.3, -0.25) is 4.57 Å². The molecule has 6 rings (SSSR count). The summed E-state index contributed by atoms with van der Waals surface area (Å²) in [5.74, 6) is 0.632. The number of imidazole rings is 1. The number of aromatic hydroxyl groups is 1. The monoisotopic (exact) mass is 491 g/mol. The van der Waals surface area contributed by atoms with Gasteiger partial charge >= 0.3 is 0 Å². The summed E-state index contributed by atoms with van der Waals surface area (Å²) in [6, 6.07) is 25.8. The minimum Gasteiger partial charge on any atom is -0.508 e. The molecule has 0 bridgehead atoms. The maximum absolute atomic E-state index is 13.4. The highest BCUT2D eigenvalue weighted by molar-refractivity contribution is 7.90. The van der Waals surface area contributed by atoms with Crippen LogP contribution in [0.2, 0.25) is 0 Å². The Morgan fingerprint density at radius 2 is 1.69 bits per heavy atom. The van der Waals surface area contributed by atoms with Gasteiger partial charge in [-0.1, -0.05) is 30.3 Å². The summed E-state index contributed by atoms with van der Waals surface area (Å²) in [5, 5.41) is 19.9. The van der Waals surface area contributed by atoms with Gasteiger partial charge in [0.1, 0.15) is 17.1 Å². The summed E-state index contributed by atoms with van der Waals surface area (Å²) in [4.78, 5) is 9.41. The Bertz CT molecular complexity index is 1920. The average Bonchev–Trinajstić information content (AvgIpc) is 3.51. The van der Waals surface area contributed by atoms with Gasteiger partial charge in [-0.25, -0.2) is 22.4 Å². The van der Waals surface area contributed by atoms with Crippen molar-refractivity contribution in [2.24, 2.45) is 0 Å². The molecule has 0 amide bonds. The highest BCUT2D eigenvalue weighted by Gasteiger charge is 2.23. The van der Waals surface area contributed by atoms with Crippen LogP contribution < -0.4 is 0 Å². The molecule has 0 atom stereocenters. The van der Waals surface area contributed by atoms with Crippen LogP contribution in [0.25, 0.3) is 39.1 Å². The zero-order valence-electron chi connectivity index (χ0n) is 18.6. The Labute approximate surface area is 206 Å². The van der Waals surface area contributed by atoms with E-state index in [4.69, 9.17) is 4.98 Å². The number of nitriles is 1. The van der Waals surface area contributed by atoms with Gasteiger partial charge in [0.15, 0.2) is 5.65 Å². The molecule has 0 fully saturated rings. The number of hydrogen-bond acceptors (Lipinski definition) is 6. The number of phenols is 1. The predicted octanol–water partition coefficient (Wildman–Crippen LogP) is 4.86. The Morgan fingerprint density at radius 3 is 2.42 bits per heavy atom. The number of fused-ring (bicyclic) bond motifs is 3. The molecule has 9 heteroatoms. The number of hydrogen-bond donors (Lipinski definition) is 1. The van der Waals surface area contributed by atoms with Crippen LogP contribution in [-0.2, 0) is 10.0 Å². The van der Waals surface area contributed by atoms with Crippen LogP contribution >= 0.6 is 0 Å². The third kappa shape index (κ3) is 3.32. The lowest BCUT2D eigenvalue weighted by atomic mass is 10.1. The first-order chi connectivity index (χ1) is 17.5. The Kier molecular flexibility index (Phi) is 4.84. The van der Waals surface area contributed by atoms with E-state index in [1.807, 2.05) is 10.6 Å². The molecule has 0 saturated carbocycles. The molecule has 3 aromatic carbocycles. The number of rotatable bonds is 4. The second kappa shape index (κ2) is 8.08. The van der Waals surface area contributed by atoms with Gasteiger partial charge in [-0.2, -0.15) is 5.26 Å². The average molecular weight is 492 g/mol. The molecule has 6 aromatic rings. The number of aromatic nitrogens is 4. The zero-order valence-corrected chi connectivity index (χ0v) is 19.5. The zero-order chi connectivity index (χ0) is 24.9. The van der Waals surface area contributed by atoms with E-state index < -0.39 is 10.0 Å². The van der Waals surface area contributed by atoms with Crippen molar-refractivity contribution in [3.8, 4) is 28.9 Å². The number of nitrogens with zero attached hydrogens (tertiary/aromatic N) is 5. The largest absolute Gasteiger partial charge is 0.508 e. The SMILES string of the molecule is N#Cc1ccc(-n2c(-c3cccc(O)c3)nc3cnc4c(ccn4S(=O)(=O)c4ccccc4)c32)cc1. The molecule has 0 saturated heterocycles. The maximum atomic E-state index is 13.4. The molecule has 0 aliphatic carbocycles. The molecular weight excluding hydrogens is 474 g/mol. The van der Waals surface area contributed by atoms with Gasteiger partial charge in [0, 0.05) is 22.8 Å². The van der Waals surface area contributed by atoms with E-state index in [2.05, 4.69) is 11.1 Å². The highest BCUT2D eigenvalue weighted by atomic mass is 32.2.